The van der Waals surface area contributed by atoms with Crippen molar-refractivity contribution in [2.24, 2.45) is 0 Å². The maximum atomic E-state index is 12.7. The van der Waals surface area contributed by atoms with Crippen molar-refractivity contribution in [2.45, 2.75) is 19.5 Å². The fraction of sp³-hybridized carbons (Fsp3) is 0.500. The maximum Gasteiger partial charge on any atom is 0.245 e. The van der Waals surface area contributed by atoms with Crippen molar-refractivity contribution in [1.82, 2.24) is 14.7 Å². The lowest BCUT2D eigenvalue weighted by Crippen LogP contribution is -2.60. The highest BCUT2D eigenvalue weighted by Gasteiger charge is 2.38. The second-order valence-electron chi connectivity index (χ2n) is 6.48. The average Bonchev–Trinajstić information content (AvgIpc) is 2.65. The Bertz CT molecular complexity index is 705. The molecular formula is C18H22ClN3O4. The normalized spacial score (nSPS) is 21.3. The van der Waals surface area contributed by atoms with Gasteiger partial charge in [-0.1, -0.05) is 29.8 Å². The van der Waals surface area contributed by atoms with E-state index in [1.165, 1.54) is 9.80 Å². The molecule has 0 bridgehead atoms. The van der Waals surface area contributed by atoms with Crippen LogP contribution in [0.5, 0.6) is 0 Å². The van der Waals surface area contributed by atoms with Crippen molar-refractivity contribution in [1.29, 1.82) is 0 Å². The number of nitrogens with zero attached hydrogens (tertiary/aromatic N) is 3. The third kappa shape index (κ3) is 3.99. The minimum absolute atomic E-state index is 0.0508. The molecule has 0 unspecified atom stereocenters. The Balaban J connectivity index is 1.65. The number of piperazine rings is 1. The Kier molecular flexibility index (Phi) is 5.78. The zero-order valence-corrected chi connectivity index (χ0v) is 15.4. The first-order valence-electron chi connectivity index (χ1n) is 8.64. The third-order valence-corrected chi connectivity index (χ3v) is 5.14. The minimum atomic E-state index is -0.677. The highest BCUT2D eigenvalue weighted by atomic mass is 35.5. The van der Waals surface area contributed by atoms with E-state index in [2.05, 4.69) is 0 Å². The quantitative estimate of drug-likeness (QED) is 0.774. The SMILES string of the molecule is C[C@H]1C(=O)N(Cc2ccccc2Cl)CC(=O)N1CC(=O)N1CCOCC1. The van der Waals surface area contributed by atoms with Gasteiger partial charge < -0.3 is 19.4 Å². The molecule has 0 aromatic heterocycles. The van der Waals surface area contributed by atoms with E-state index in [4.69, 9.17) is 16.3 Å². The first-order chi connectivity index (χ1) is 12.5. The summed E-state index contributed by atoms with van der Waals surface area (Å²) in [7, 11) is 0. The molecule has 0 saturated carbocycles. The molecule has 7 nitrogen and oxygen atoms in total. The van der Waals surface area contributed by atoms with Crippen molar-refractivity contribution >= 4 is 29.3 Å². The lowest BCUT2D eigenvalue weighted by atomic mass is 10.1. The van der Waals surface area contributed by atoms with Gasteiger partial charge in [-0.05, 0) is 18.6 Å². The number of carbonyl (C=O) groups is 3. The highest BCUT2D eigenvalue weighted by molar-refractivity contribution is 6.31. The van der Waals surface area contributed by atoms with Gasteiger partial charge in [0.05, 0.1) is 13.2 Å². The first kappa shape index (κ1) is 18.7. The summed E-state index contributed by atoms with van der Waals surface area (Å²) < 4.78 is 5.23. The lowest BCUT2D eigenvalue weighted by Gasteiger charge is -2.39. The van der Waals surface area contributed by atoms with E-state index in [1.807, 2.05) is 18.2 Å². The van der Waals surface area contributed by atoms with Crippen LogP contribution in [-0.2, 0) is 25.7 Å². The zero-order valence-electron chi connectivity index (χ0n) is 14.7. The molecule has 2 saturated heterocycles. The summed E-state index contributed by atoms with van der Waals surface area (Å²) in [4.78, 5) is 42.2. The maximum absolute atomic E-state index is 12.7. The molecule has 2 fully saturated rings. The lowest BCUT2D eigenvalue weighted by molar-refractivity contribution is -0.158. The molecule has 3 amide bonds. The van der Waals surface area contributed by atoms with Gasteiger partial charge in [0.25, 0.3) is 0 Å². The van der Waals surface area contributed by atoms with Crippen LogP contribution in [-0.4, -0.2) is 77.9 Å². The molecule has 2 aliphatic rings. The summed E-state index contributed by atoms with van der Waals surface area (Å²) in [5.74, 6) is -0.564. The van der Waals surface area contributed by atoms with Crippen LogP contribution in [0.1, 0.15) is 12.5 Å². The Morgan fingerprint density at radius 1 is 1.23 bits per heavy atom. The number of hydrogen-bond acceptors (Lipinski definition) is 4. The first-order valence-corrected chi connectivity index (χ1v) is 9.02. The van der Waals surface area contributed by atoms with Gasteiger partial charge in [-0.2, -0.15) is 0 Å². The van der Waals surface area contributed by atoms with E-state index in [1.54, 1.807) is 17.9 Å². The summed E-state index contributed by atoms with van der Waals surface area (Å²) in [5, 5.41) is 0.560. The Morgan fingerprint density at radius 2 is 1.92 bits per heavy atom. The average molecular weight is 380 g/mol. The molecule has 1 aromatic carbocycles. The van der Waals surface area contributed by atoms with Gasteiger partial charge in [0.2, 0.25) is 17.7 Å². The summed E-state index contributed by atoms with van der Waals surface area (Å²) >= 11 is 6.15. The molecule has 0 aliphatic carbocycles. The molecule has 1 atom stereocenters. The van der Waals surface area contributed by atoms with Crippen LogP contribution in [0.25, 0.3) is 0 Å². The number of amides is 3. The van der Waals surface area contributed by atoms with Crippen molar-refractivity contribution in [3.63, 3.8) is 0 Å². The predicted molar refractivity (Wildman–Crippen MR) is 95.4 cm³/mol. The van der Waals surface area contributed by atoms with Crippen LogP contribution in [0.4, 0.5) is 0 Å². The van der Waals surface area contributed by atoms with Crippen molar-refractivity contribution in [3.05, 3.63) is 34.9 Å². The van der Waals surface area contributed by atoms with Crippen LogP contribution in [0.3, 0.4) is 0 Å². The molecule has 0 N–H and O–H groups in total. The molecule has 140 valence electrons. The van der Waals surface area contributed by atoms with Crippen LogP contribution in [0.15, 0.2) is 24.3 Å². The third-order valence-electron chi connectivity index (χ3n) is 4.77. The van der Waals surface area contributed by atoms with E-state index in [0.29, 0.717) is 31.3 Å². The zero-order chi connectivity index (χ0) is 18.7. The van der Waals surface area contributed by atoms with Gasteiger partial charge in [0.1, 0.15) is 19.1 Å². The fourth-order valence-corrected chi connectivity index (χ4v) is 3.39. The molecule has 2 aliphatic heterocycles. The van der Waals surface area contributed by atoms with E-state index < -0.39 is 6.04 Å². The second kappa shape index (κ2) is 8.05. The summed E-state index contributed by atoms with van der Waals surface area (Å²) in [6, 6.07) is 6.57. The number of benzene rings is 1. The molecule has 2 heterocycles. The van der Waals surface area contributed by atoms with Crippen molar-refractivity contribution in [3.8, 4) is 0 Å². The van der Waals surface area contributed by atoms with E-state index in [9.17, 15) is 14.4 Å². The van der Waals surface area contributed by atoms with Crippen LogP contribution < -0.4 is 0 Å². The van der Waals surface area contributed by atoms with Gasteiger partial charge in [0.15, 0.2) is 0 Å². The Morgan fingerprint density at radius 3 is 2.62 bits per heavy atom. The molecule has 26 heavy (non-hydrogen) atoms. The van der Waals surface area contributed by atoms with Crippen LogP contribution >= 0.6 is 11.6 Å². The molecule has 0 spiro atoms. The van der Waals surface area contributed by atoms with Gasteiger partial charge >= 0.3 is 0 Å². The van der Waals surface area contributed by atoms with Gasteiger partial charge in [-0.25, -0.2) is 0 Å². The van der Waals surface area contributed by atoms with Gasteiger partial charge in [0, 0.05) is 24.7 Å². The molecule has 0 radical (unpaired) electrons. The Hall–Kier alpha value is -2.12. The number of halogens is 1. The van der Waals surface area contributed by atoms with Crippen LogP contribution in [0, 0.1) is 0 Å². The van der Waals surface area contributed by atoms with Crippen molar-refractivity contribution in [2.75, 3.05) is 39.4 Å². The molecule has 1 aromatic rings. The summed E-state index contributed by atoms with van der Waals surface area (Å²) in [6.45, 7) is 3.84. The molecule has 3 rings (SSSR count). The minimum Gasteiger partial charge on any atom is -0.378 e. The largest absolute Gasteiger partial charge is 0.378 e. The van der Waals surface area contributed by atoms with E-state index in [0.717, 1.165) is 5.56 Å². The number of rotatable bonds is 4. The number of carbonyl (C=O) groups excluding carboxylic acids is 3. The number of hydrogen-bond donors (Lipinski definition) is 0. The van der Waals surface area contributed by atoms with Gasteiger partial charge in [-0.15, -0.1) is 0 Å². The number of morpholine rings is 1. The van der Waals surface area contributed by atoms with Crippen molar-refractivity contribution < 1.29 is 19.1 Å². The molecular weight excluding hydrogens is 358 g/mol. The molecule has 8 heteroatoms. The Labute approximate surface area is 157 Å². The van der Waals surface area contributed by atoms with E-state index >= 15 is 0 Å². The smallest absolute Gasteiger partial charge is 0.245 e. The fourth-order valence-electron chi connectivity index (χ4n) is 3.20. The standard InChI is InChI=1S/C18H22ClN3O4/c1-13-18(25)21(10-14-4-2-3-5-15(14)19)11-17(24)22(13)12-16(23)20-6-8-26-9-7-20/h2-5,13H,6-12H2,1H3/t13-/m0/s1. The number of ether oxygens (including phenoxy) is 1. The van der Waals surface area contributed by atoms with E-state index in [-0.39, 0.29) is 37.4 Å². The summed E-state index contributed by atoms with van der Waals surface area (Å²) in [5.41, 5.74) is 0.792. The second-order valence-corrected chi connectivity index (χ2v) is 6.88. The predicted octanol–water partition coefficient (Wildman–Crippen LogP) is 0.758. The highest BCUT2D eigenvalue weighted by Crippen LogP contribution is 2.20. The summed E-state index contributed by atoms with van der Waals surface area (Å²) in [6.07, 6.45) is 0. The van der Waals surface area contributed by atoms with Gasteiger partial charge in [-0.3, -0.25) is 14.4 Å². The monoisotopic (exact) mass is 379 g/mol. The van der Waals surface area contributed by atoms with Crippen LogP contribution in [0.2, 0.25) is 5.02 Å². The topological polar surface area (TPSA) is 70.2 Å².